The third kappa shape index (κ3) is 4.77. The molecule has 1 aliphatic carbocycles. The first-order valence-corrected chi connectivity index (χ1v) is 4.63. The van der Waals surface area contributed by atoms with Gasteiger partial charge in [0, 0.05) is 18.9 Å². The van der Waals surface area contributed by atoms with E-state index < -0.39 is 5.92 Å². The summed E-state index contributed by atoms with van der Waals surface area (Å²) in [6.07, 6.45) is 2.31. The van der Waals surface area contributed by atoms with Crippen LogP contribution >= 0.6 is 12.4 Å². The lowest BCUT2D eigenvalue weighted by molar-refractivity contribution is -0.0469. The molecule has 1 saturated carbocycles. The van der Waals surface area contributed by atoms with Crippen molar-refractivity contribution in [1.29, 1.82) is 0 Å². The molecular weight excluding hydrogens is 196 g/mol. The van der Waals surface area contributed by atoms with E-state index >= 15 is 0 Å². The lowest BCUT2D eigenvalue weighted by Gasteiger charge is -2.28. The molecule has 1 nitrogen and oxygen atoms in total. The summed E-state index contributed by atoms with van der Waals surface area (Å²) in [5.41, 5.74) is 5.60. The van der Waals surface area contributed by atoms with Gasteiger partial charge >= 0.3 is 0 Å². The van der Waals surface area contributed by atoms with E-state index in [1.807, 2.05) is 6.92 Å². The Balaban J connectivity index is 0.00000144. The van der Waals surface area contributed by atoms with Gasteiger partial charge in [0.15, 0.2) is 0 Å². The highest BCUT2D eigenvalue weighted by Crippen LogP contribution is 2.37. The fourth-order valence-corrected chi connectivity index (χ4v) is 1.86. The maximum absolute atomic E-state index is 12.7. The van der Waals surface area contributed by atoms with Crippen molar-refractivity contribution in [2.24, 2.45) is 11.7 Å². The molecule has 0 saturated heterocycles. The summed E-state index contributed by atoms with van der Waals surface area (Å²) < 4.78 is 25.4. The third-order valence-electron chi connectivity index (χ3n) is 2.54. The van der Waals surface area contributed by atoms with E-state index in [-0.39, 0.29) is 31.3 Å². The normalized spacial score (nSPS) is 24.9. The summed E-state index contributed by atoms with van der Waals surface area (Å²) in [5, 5.41) is 0. The Morgan fingerprint density at radius 1 is 1.38 bits per heavy atom. The average molecular weight is 214 g/mol. The average Bonchev–Trinajstić information content (AvgIpc) is 1.93. The minimum atomic E-state index is -2.39. The highest BCUT2D eigenvalue weighted by atomic mass is 35.5. The molecular formula is C9H18ClF2N. The molecule has 4 heteroatoms. The van der Waals surface area contributed by atoms with Gasteiger partial charge in [0.25, 0.3) is 0 Å². The summed E-state index contributed by atoms with van der Waals surface area (Å²) in [6.45, 7) is 1.94. The second kappa shape index (κ2) is 5.11. The zero-order valence-electron chi connectivity index (χ0n) is 7.93. The molecule has 0 heterocycles. The van der Waals surface area contributed by atoms with E-state index in [0.29, 0.717) is 18.8 Å². The Hall–Kier alpha value is 0.110. The van der Waals surface area contributed by atoms with Crippen molar-refractivity contribution >= 4 is 12.4 Å². The van der Waals surface area contributed by atoms with Crippen LogP contribution in [0.15, 0.2) is 0 Å². The van der Waals surface area contributed by atoms with Gasteiger partial charge in [-0.1, -0.05) is 0 Å². The minimum Gasteiger partial charge on any atom is -0.328 e. The molecule has 2 N–H and O–H groups in total. The van der Waals surface area contributed by atoms with Crippen LogP contribution in [0.25, 0.3) is 0 Å². The Morgan fingerprint density at radius 3 is 2.23 bits per heavy atom. The van der Waals surface area contributed by atoms with E-state index in [1.165, 1.54) is 0 Å². The molecule has 0 aromatic rings. The van der Waals surface area contributed by atoms with Crippen LogP contribution in [0.3, 0.4) is 0 Å². The maximum Gasteiger partial charge on any atom is 0.248 e. The molecule has 1 aliphatic rings. The van der Waals surface area contributed by atoms with E-state index in [1.54, 1.807) is 0 Å². The van der Waals surface area contributed by atoms with E-state index in [2.05, 4.69) is 0 Å². The van der Waals surface area contributed by atoms with Gasteiger partial charge in [-0.2, -0.15) is 0 Å². The SMILES string of the molecule is C[C@H](N)CC1CCC(F)(F)CC1.Cl. The molecule has 1 fully saturated rings. The number of alkyl halides is 2. The quantitative estimate of drug-likeness (QED) is 0.750. The van der Waals surface area contributed by atoms with Crippen molar-refractivity contribution in [3.63, 3.8) is 0 Å². The number of rotatable bonds is 2. The standard InChI is InChI=1S/C9H17F2N.ClH/c1-7(12)6-8-2-4-9(10,11)5-3-8;/h7-8H,2-6,12H2,1H3;1H/t7-;/m0./s1. The second-order valence-electron chi connectivity index (χ2n) is 4.01. The van der Waals surface area contributed by atoms with Crippen molar-refractivity contribution < 1.29 is 8.78 Å². The molecule has 0 bridgehead atoms. The van der Waals surface area contributed by atoms with E-state index in [9.17, 15) is 8.78 Å². The lowest BCUT2D eigenvalue weighted by atomic mass is 9.83. The van der Waals surface area contributed by atoms with Gasteiger partial charge in [0.1, 0.15) is 0 Å². The molecule has 0 unspecified atom stereocenters. The molecule has 0 spiro atoms. The van der Waals surface area contributed by atoms with Crippen molar-refractivity contribution in [2.75, 3.05) is 0 Å². The van der Waals surface area contributed by atoms with Crippen LogP contribution in [0.5, 0.6) is 0 Å². The molecule has 80 valence electrons. The highest BCUT2D eigenvalue weighted by Gasteiger charge is 2.34. The predicted molar refractivity (Wildman–Crippen MR) is 52.4 cm³/mol. The third-order valence-corrected chi connectivity index (χ3v) is 2.54. The number of hydrogen-bond donors (Lipinski definition) is 1. The molecule has 0 aromatic carbocycles. The van der Waals surface area contributed by atoms with Gasteiger partial charge in [0.05, 0.1) is 0 Å². The second-order valence-corrected chi connectivity index (χ2v) is 4.01. The number of halogens is 3. The highest BCUT2D eigenvalue weighted by molar-refractivity contribution is 5.85. The van der Waals surface area contributed by atoms with Crippen LogP contribution in [-0.2, 0) is 0 Å². The van der Waals surface area contributed by atoms with Gasteiger partial charge in [-0.25, -0.2) is 8.78 Å². The summed E-state index contributed by atoms with van der Waals surface area (Å²) in [7, 11) is 0. The predicted octanol–water partition coefficient (Wildman–Crippen LogP) is 2.97. The van der Waals surface area contributed by atoms with Crippen LogP contribution in [0.1, 0.15) is 39.0 Å². The summed E-state index contributed by atoms with van der Waals surface area (Å²) in [5.74, 6) is -1.96. The number of nitrogens with two attached hydrogens (primary N) is 1. The topological polar surface area (TPSA) is 26.0 Å². The van der Waals surface area contributed by atoms with Crippen molar-refractivity contribution in [1.82, 2.24) is 0 Å². The van der Waals surface area contributed by atoms with E-state index in [4.69, 9.17) is 5.73 Å². The van der Waals surface area contributed by atoms with Crippen molar-refractivity contribution in [3.8, 4) is 0 Å². The van der Waals surface area contributed by atoms with Crippen LogP contribution in [0.4, 0.5) is 8.78 Å². The van der Waals surface area contributed by atoms with Gasteiger partial charge in [0.2, 0.25) is 5.92 Å². The van der Waals surface area contributed by atoms with Gasteiger partial charge in [-0.15, -0.1) is 12.4 Å². The van der Waals surface area contributed by atoms with Crippen molar-refractivity contribution in [2.45, 2.75) is 51.0 Å². The fourth-order valence-electron chi connectivity index (χ4n) is 1.86. The first kappa shape index (κ1) is 13.1. The van der Waals surface area contributed by atoms with Gasteiger partial charge in [-0.05, 0) is 32.1 Å². The van der Waals surface area contributed by atoms with Crippen molar-refractivity contribution in [3.05, 3.63) is 0 Å². The molecule has 0 amide bonds. The maximum atomic E-state index is 12.7. The molecule has 1 atom stereocenters. The smallest absolute Gasteiger partial charge is 0.248 e. The van der Waals surface area contributed by atoms with Crippen LogP contribution in [-0.4, -0.2) is 12.0 Å². The molecule has 0 radical (unpaired) electrons. The first-order valence-electron chi connectivity index (χ1n) is 4.63. The van der Waals surface area contributed by atoms with Gasteiger partial charge in [-0.3, -0.25) is 0 Å². The Morgan fingerprint density at radius 2 is 1.85 bits per heavy atom. The first-order chi connectivity index (χ1) is 5.49. The Labute approximate surface area is 84.5 Å². The molecule has 1 rings (SSSR count). The zero-order chi connectivity index (χ0) is 9.19. The lowest BCUT2D eigenvalue weighted by Crippen LogP contribution is -2.28. The number of hydrogen-bond acceptors (Lipinski definition) is 1. The van der Waals surface area contributed by atoms with Crippen LogP contribution in [0, 0.1) is 5.92 Å². The minimum absolute atomic E-state index is 0. The Bertz CT molecular complexity index is 141. The summed E-state index contributed by atoms with van der Waals surface area (Å²) in [6, 6.07) is 0.154. The van der Waals surface area contributed by atoms with Crippen LogP contribution < -0.4 is 5.73 Å². The summed E-state index contributed by atoms with van der Waals surface area (Å²) in [4.78, 5) is 0. The largest absolute Gasteiger partial charge is 0.328 e. The van der Waals surface area contributed by atoms with E-state index in [0.717, 1.165) is 6.42 Å². The van der Waals surface area contributed by atoms with Gasteiger partial charge < -0.3 is 5.73 Å². The molecule has 13 heavy (non-hydrogen) atoms. The zero-order valence-corrected chi connectivity index (χ0v) is 8.75. The fraction of sp³-hybridized carbons (Fsp3) is 1.00. The monoisotopic (exact) mass is 213 g/mol. The Kier molecular flexibility index (Phi) is 5.15. The molecule has 0 aromatic heterocycles. The summed E-state index contributed by atoms with van der Waals surface area (Å²) >= 11 is 0. The van der Waals surface area contributed by atoms with Crippen LogP contribution in [0.2, 0.25) is 0 Å². The molecule has 0 aliphatic heterocycles.